The number of phosphoric acid groups is 1. The Morgan fingerprint density at radius 3 is 2.20 bits per heavy atom. The fourth-order valence-corrected chi connectivity index (χ4v) is 2.22. The highest BCUT2D eigenvalue weighted by Gasteiger charge is 2.25. The number of ether oxygens (including phenoxy) is 2. The quantitative estimate of drug-likeness (QED) is 0.226. The molecule has 0 aromatic rings. The first-order valence-corrected chi connectivity index (χ1v) is 9.39. The molecule has 8 nitrogen and oxygen atoms in total. The van der Waals surface area contributed by atoms with E-state index in [-0.39, 0.29) is 31.0 Å². The largest absolute Gasteiger partial charge is 0.472 e. The van der Waals surface area contributed by atoms with Crippen molar-refractivity contribution in [1.82, 2.24) is 0 Å². The van der Waals surface area contributed by atoms with Gasteiger partial charge in [-0.15, -0.1) is 0 Å². The monoisotopic (exact) mass is 378 g/mol. The molecule has 0 spiro atoms. The van der Waals surface area contributed by atoms with Gasteiger partial charge < -0.3 is 14.4 Å². The van der Waals surface area contributed by atoms with Gasteiger partial charge in [-0.05, 0) is 26.7 Å². The van der Waals surface area contributed by atoms with Crippen molar-refractivity contribution in [3.8, 4) is 0 Å². The third-order valence-electron chi connectivity index (χ3n) is 2.84. The van der Waals surface area contributed by atoms with Crippen molar-refractivity contribution in [1.29, 1.82) is 0 Å². The van der Waals surface area contributed by atoms with Gasteiger partial charge in [0, 0.05) is 11.1 Å². The lowest BCUT2D eigenvalue weighted by Gasteiger charge is -2.19. The standard InChI is InChI=1S/C16H27O8P/c1-6-7-8-14(24-16(18)13(4)5)11-23-25(19,20)22-10-9-21-15(17)12(2)3/h14H,2,4,6-11H2,1,3,5H3,(H,19,20). The molecule has 2 unspecified atom stereocenters. The van der Waals surface area contributed by atoms with Crippen molar-refractivity contribution in [3.05, 3.63) is 24.3 Å². The van der Waals surface area contributed by atoms with E-state index in [0.29, 0.717) is 6.42 Å². The van der Waals surface area contributed by atoms with Crippen LogP contribution in [0.25, 0.3) is 0 Å². The third-order valence-corrected chi connectivity index (χ3v) is 3.83. The maximum atomic E-state index is 11.8. The number of hydrogen-bond donors (Lipinski definition) is 1. The van der Waals surface area contributed by atoms with Crippen LogP contribution in [-0.2, 0) is 32.7 Å². The molecule has 0 heterocycles. The van der Waals surface area contributed by atoms with Crippen molar-refractivity contribution in [3.63, 3.8) is 0 Å². The Bertz CT molecular complexity index is 528. The Hall–Kier alpha value is -1.47. The molecule has 0 aromatic heterocycles. The smallest absolute Gasteiger partial charge is 0.460 e. The number of phosphoric ester groups is 1. The molecule has 2 atom stereocenters. The van der Waals surface area contributed by atoms with Gasteiger partial charge in [-0.3, -0.25) is 9.05 Å². The predicted octanol–water partition coefficient (Wildman–Crippen LogP) is 2.92. The van der Waals surface area contributed by atoms with Crippen LogP contribution in [0.4, 0.5) is 0 Å². The Balaban J connectivity index is 4.35. The average molecular weight is 378 g/mol. The summed E-state index contributed by atoms with van der Waals surface area (Å²) in [5.41, 5.74) is 0.436. The number of carbonyl (C=O) groups is 2. The van der Waals surface area contributed by atoms with Gasteiger partial charge in [0.1, 0.15) is 12.7 Å². The summed E-state index contributed by atoms with van der Waals surface area (Å²) >= 11 is 0. The van der Waals surface area contributed by atoms with Crippen LogP contribution in [-0.4, -0.2) is 42.8 Å². The van der Waals surface area contributed by atoms with E-state index in [0.717, 1.165) is 12.8 Å². The van der Waals surface area contributed by atoms with Crippen LogP contribution in [0, 0.1) is 0 Å². The lowest BCUT2D eigenvalue weighted by atomic mass is 10.2. The Morgan fingerprint density at radius 2 is 1.68 bits per heavy atom. The molecule has 144 valence electrons. The van der Waals surface area contributed by atoms with E-state index in [1.54, 1.807) is 0 Å². The lowest BCUT2D eigenvalue weighted by molar-refractivity contribution is -0.146. The van der Waals surface area contributed by atoms with Crippen molar-refractivity contribution >= 4 is 19.8 Å². The topological polar surface area (TPSA) is 108 Å². The highest BCUT2D eigenvalue weighted by atomic mass is 31.2. The SMILES string of the molecule is C=C(C)C(=O)OCCOP(=O)(O)OCC(CCCC)OC(=O)C(=C)C. The van der Waals surface area contributed by atoms with Gasteiger partial charge in [-0.2, -0.15) is 0 Å². The minimum Gasteiger partial charge on any atom is -0.460 e. The van der Waals surface area contributed by atoms with Gasteiger partial charge in [0.25, 0.3) is 0 Å². The van der Waals surface area contributed by atoms with Crippen LogP contribution in [0.1, 0.15) is 40.0 Å². The zero-order chi connectivity index (χ0) is 19.5. The molecule has 0 aliphatic heterocycles. The fraction of sp³-hybridized carbons (Fsp3) is 0.625. The first-order chi connectivity index (χ1) is 11.6. The molecule has 0 saturated carbocycles. The van der Waals surface area contributed by atoms with E-state index in [2.05, 4.69) is 13.2 Å². The van der Waals surface area contributed by atoms with E-state index >= 15 is 0 Å². The number of esters is 2. The van der Waals surface area contributed by atoms with Gasteiger partial charge in [-0.1, -0.05) is 26.5 Å². The van der Waals surface area contributed by atoms with Crippen LogP contribution in [0.3, 0.4) is 0 Å². The Kier molecular flexibility index (Phi) is 11.3. The minimum atomic E-state index is -4.36. The van der Waals surface area contributed by atoms with Crippen LogP contribution in [0.2, 0.25) is 0 Å². The molecule has 0 aliphatic rings. The molecule has 0 aromatic carbocycles. The summed E-state index contributed by atoms with van der Waals surface area (Å²) in [6.07, 6.45) is 1.41. The van der Waals surface area contributed by atoms with Gasteiger partial charge in [0.15, 0.2) is 0 Å². The summed E-state index contributed by atoms with van der Waals surface area (Å²) in [5.74, 6) is -1.21. The Morgan fingerprint density at radius 1 is 1.08 bits per heavy atom. The number of unbranched alkanes of at least 4 members (excludes halogenated alkanes) is 1. The average Bonchev–Trinajstić information content (AvgIpc) is 2.53. The zero-order valence-electron chi connectivity index (χ0n) is 15.0. The molecule has 9 heteroatoms. The second-order valence-electron chi connectivity index (χ2n) is 5.46. The highest BCUT2D eigenvalue weighted by molar-refractivity contribution is 7.47. The highest BCUT2D eigenvalue weighted by Crippen LogP contribution is 2.43. The van der Waals surface area contributed by atoms with Crippen LogP contribution < -0.4 is 0 Å². The van der Waals surface area contributed by atoms with Crippen LogP contribution >= 0.6 is 7.82 Å². The first kappa shape index (κ1) is 23.5. The fourth-order valence-electron chi connectivity index (χ4n) is 1.48. The molecule has 0 rings (SSSR count). The van der Waals surface area contributed by atoms with Gasteiger partial charge in [-0.25, -0.2) is 14.2 Å². The predicted molar refractivity (Wildman–Crippen MR) is 91.7 cm³/mol. The number of carbonyl (C=O) groups excluding carboxylic acids is 2. The maximum Gasteiger partial charge on any atom is 0.472 e. The van der Waals surface area contributed by atoms with Gasteiger partial charge in [0.05, 0.1) is 13.2 Å². The van der Waals surface area contributed by atoms with Crippen molar-refractivity contribution in [2.24, 2.45) is 0 Å². The molecule has 0 radical (unpaired) electrons. The molecule has 0 aliphatic carbocycles. The number of hydrogen-bond acceptors (Lipinski definition) is 7. The second-order valence-corrected chi connectivity index (χ2v) is 6.92. The van der Waals surface area contributed by atoms with Crippen LogP contribution in [0.5, 0.6) is 0 Å². The third kappa shape index (κ3) is 11.7. The maximum absolute atomic E-state index is 11.8. The van der Waals surface area contributed by atoms with E-state index < -0.39 is 25.9 Å². The zero-order valence-corrected chi connectivity index (χ0v) is 15.9. The summed E-state index contributed by atoms with van der Waals surface area (Å²) in [6.45, 7) is 11.0. The van der Waals surface area contributed by atoms with Gasteiger partial charge >= 0.3 is 19.8 Å². The van der Waals surface area contributed by atoms with E-state index in [1.165, 1.54) is 13.8 Å². The molecule has 0 fully saturated rings. The molecular weight excluding hydrogens is 351 g/mol. The van der Waals surface area contributed by atoms with Gasteiger partial charge in [0.2, 0.25) is 0 Å². The molecule has 0 bridgehead atoms. The molecular formula is C16H27O8P. The molecule has 1 N–H and O–H groups in total. The lowest BCUT2D eigenvalue weighted by Crippen LogP contribution is -2.24. The summed E-state index contributed by atoms with van der Waals surface area (Å²) in [5, 5.41) is 0. The summed E-state index contributed by atoms with van der Waals surface area (Å²) in [6, 6.07) is 0. The van der Waals surface area contributed by atoms with E-state index in [1.807, 2.05) is 6.92 Å². The summed E-state index contributed by atoms with van der Waals surface area (Å²) in [7, 11) is -4.36. The van der Waals surface area contributed by atoms with Crippen LogP contribution in [0.15, 0.2) is 24.3 Å². The Labute approximate surface area is 148 Å². The second kappa shape index (κ2) is 12.0. The van der Waals surface area contributed by atoms with Crippen molar-refractivity contribution in [2.45, 2.75) is 46.1 Å². The first-order valence-electron chi connectivity index (χ1n) is 7.90. The van der Waals surface area contributed by atoms with E-state index in [9.17, 15) is 19.0 Å². The van der Waals surface area contributed by atoms with Crippen molar-refractivity contribution in [2.75, 3.05) is 19.8 Å². The molecule has 0 saturated heterocycles. The molecule has 0 amide bonds. The van der Waals surface area contributed by atoms with Crippen molar-refractivity contribution < 1.29 is 37.6 Å². The molecule has 25 heavy (non-hydrogen) atoms. The minimum absolute atomic E-state index is 0.210. The van der Waals surface area contributed by atoms with E-state index in [4.69, 9.17) is 18.5 Å². The normalized spacial score (nSPS) is 14.2. The summed E-state index contributed by atoms with van der Waals surface area (Å²) in [4.78, 5) is 32.3. The summed E-state index contributed by atoms with van der Waals surface area (Å²) < 4.78 is 31.2. The number of rotatable bonds is 13.